The lowest BCUT2D eigenvalue weighted by molar-refractivity contribution is -0.365. The number of aliphatic hydroxyl groups is 1. The Morgan fingerprint density at radius 2 is 1.14 bits per heavy atom. The number of methoxy groups -OCH3 is 4. The fourth-order valence-corrected chi connectivity index (χ4v) is 6.04. The summed E-state index contributed by atoms with van der Waals surface area (Å²) in [4.78, 5) is 13.4. The number of carbonyl (C=O) groups is 1. The van der Waals surface area contributed by atoms with Gasteiger partial charge in [0.05, 0.1) is 19.8 Å². The summed E-state index contributed by atoms with van der Waals surface area (Å²) in [5.74, 6) is -0.782. The molecule has 266 valence electrons. The number of esters is 1. The normalized spacial score (nSPS) is 30.1. The highest BCUT2D eigenvalue weighted by molar-refractivity contribution is 5.75. The van der Waals surface area contributed by atoms with E-state index in [2.05, 4.69) is 0 Å². The van der Waals surface area contributed by atoms with Gasteiger partial charge in [-0.2, -0.15) is 0 Å². The molecule has 12 nitrogen and oxygen atoms in total. The predicted octanol–water partition coefficient (Wildman–Crippen LogP) is 3.42. The monoisotopic (exact) mass is 682 g/mol. The highest BCUT2D eigenvalue weighted by Crippen LogP contribution is 2.35. The average Bonchev–Trinajstić information content (AvgIpc) is 3.14. The first-order chi connectivity index (χ1) is 24.0. The Morgan fingerprint density at radius 3 is 1.65 bits per heavy atom. The molecule has 0 amide bonds. The highest BCUT2D eigenvalue weighted by Gasteiger charge is 2.54. The van der Waals surface area contributed by atoms with Gasteiger partial charge in [0.1, 0.15) is 49.3 Å². The molecule has 0 saturated carbocycles. The largest absolute Gasteiger partial charge is 0.459 e. The Bertz CT molecular complexity index is 1380. The standard InChI is InChI=1S/C37H46O12/c1-40-23-27-29(48-37-33(42-3)30(41-2)28(38)31(49-37)35(39)46-22-26-18-12-7-13-19-26)32(44-20-24-14-8-5-9-15-24)34(36(43-4)47-27)45-21-25-16-10-6-11-17-25/h5-19,27-34,36-38H,20-23H2,1-4H3/t27?,28-,29+,30?,31+,32-,33?,34?,36-,37+/m0/s1. The molecule has 0 radical (unpaired) electrons. The summed E-state index contributed by atoms with van der Waals surface area (Å²) in [5, 5.41) is 11.2. The van der Waals surface area contributed by atoms with Crippen LogP contribution in [0.25, 0.3) is 0 Å². The maximum atomic E-state index is 13.4. The molecule has 2 heterocycles. The van der Waals surface area contributed by atoms with Crippen molar-refractivity contribution in [2.75, 3.05) is 35.0 Å². The van der Waals surface area contributed by atoms with E-state index in [1.54, 1.807) is 7.11 Å². The third kappa shape index (κ3) is 9.50. The van der Waals surface area contributed by atoms with Gasteiger partial charge in [-0.05, 0) is 16.7 Å². The minimum Gasteiger partial charge on any atom is -0.459 e. The van der Waals surface area contributed by atoms with Crippen LogP contribution in [-0.4, -0.2) is 108 Å². The topological polar surface area (TPSA) is 130 Å². The van der Waals surface area contributed by atoms with Crippen molar-refractivity contribution in [2.24, 2.45) is 0 Å². The van der Waals surface area contributed by atoms with Gasteiger partial charge in [0, 0.05) is 28.4 Å². The van der Waals surface area contributed by atoms with Crippen LogP contribution in [0.3, 0.4) is 0 Å². The first-order valence-electron chi connectivity index (χ1n) is 16.2. The number of ether oxygens (including phenoxy) is 10. The molecule has 0 bridgehead atoms. The van der Waals surface area contributed by atoms with Crippen molar-refractivity contribution in [1.29, 1.82) is 0 Å². The smallest absolute Gasteiger partial charge is 0.338 e. The van der Waals surface area contributed by atoms with Crippen molar-refractivity contribution in [3.8, 4) is 0 Å². The second-order valence-corrected chi connectivity index (χ2v) is 11.8. The van der Waals surface area contributed by atoms with Gasteiger partial charge in [-0.25, -0.2) is 4.79 Å². The molecule has 3 aromatic carbocycles. The van der Waals surface area contributed by atoms with Crippen LogP contribution in [0.1, 0.15) is 16.7 Å². The van der Waals surface area contributed by atoms with Gasteiger partial charge in [-0.15, -0.1) is 0 Å². The van der Waals surface area contributed by atoms with E-state index in [0.717, 1.165) is 16.7 Å². The number of hydrogen-bond donors (Lipinski definition) is 1. The van der Waals surface area contributed by atoms with Crippen LogP contribution in [-0.2, 0) is 72.0 Å². The van der Waals surface area contributed by atoms with Crippen molar-refractivity contribution in [3.05, 3.63) is 108 Å². The van der Waals surface area contributed by atoms with Gasteiger partial charge >= 0.3 is 5.97 Å². The maximum absolute atomic E-state index is 13.4. The zero-order valence-corrected chi connectivity index (χ0v) is 28.2. The van der Waals surface area contributed by atoms with Crippen LogP contribution in [0.2, 0.25) is 0 Å². The minimum atomic E-state index is -1.45. The third-order valence-corrected chi connectivity index (χ3v) is 8.54. The maximum Gasteiger partial charge on any atom is 0.338 e. The van der Waals surface area contributed by atoms with Crippen LogP contribution in [0.15, 0.2) is 91.0 Å². The zero-order valence-electron chi connectivity index (χ0n) is 28.2. The molecule has 2 aliphatic heterocycles. The van der Waals surface area contributed by atoms with Gasteiger partial charge in [0.2, 0.25) is 0 Å². The zero-order chi connectivity index (χ0) is 34.6. The molecule has 0 aromatic heterocycles. The molecule has 1 N–H and O–H groups in total. The van der Waals surface area contributed by atoms with Crippen molar-refractivity contribution >= 4 is 5.97 Å². The van der Waals surface area contributed by atoms with Gasteiger partial charge in [0.15, 0.2) is 18.7 Å². The number of aliphatic hydroxyl groups excluding tert-OH is 1. The lowest BCUT2D eigenvalue weighted by Crippen LogP contribution is -2.66. The molecule has 2 saturated heterocycles. The Labute approximate surface area is 287 Å². The lowest BCUT2D eigenvalue weighted by Gasteiger charge is -2.48. The van der Waals surface area contributed by atoms with Crippen molar-refractivity contribution < 1.29 is 57.3 Å². The lowest BCUT2D eigenvalue weighted by atomic mass is 9.96. The summed E-state index contributed by atoms with van der Waals surface area (Å²) in [6, 6.07) is 28.6. The van der Waals surface area contributed by atoms with Gasteiger partial charge in [-0.1, -0.05) is 91.0 Å². The number of hydrogen-bond acceptors (Lipinski definition) is 12. The van der Waals surface area contributed by atoms with Crippen LogP contribution < -0.4 is 0 Å². The Kier molecular flexibility index (Phi) is 14.1. The van der Waals surface area contributed by atoms with Crippen molar-refractivity contribution in [1.82, 2.24) is 0 Å². The summed E-state index contributed by atoms with van der Waals surface area (Å²) in [5.41, 5.74) is 2.65. The van der Waals surface area contributed by atoms with Crippen LogP contribution in [0.5, 0.6) is 0 Å². The fourth-order valence-electron chi connectivity index (χ4n) is 6.04. The van der Waals surface area contributed by atoms with E-state index >= 15 is 0 Å². The van der Waals surface area contributed by atoms with Crippen LogP contribution in [0.4, 0.5) is 0 Å². The molecule has 3 aromatic rings. The second kappa shape index (κ2) is 18.6. The second-order valence-electron chi connectivity index (χ2n) is 11.8. The molecule has 12 heteroatoms. The van der Waals surface area contributed by atoms with Gasteiger partial charge in [-0.3, -0.25) is 0 Å². The molecule has 10 atom stereocenters. The fraction of sp³-hybridized carbons (Fsp3) is 0.486. The molecule has 0 aliphatic carbocycles. The van der Waals surface area contributed by atoms with Gasteiger partial charge in [0.25, 0.3) is 0 Å². The van der Waals surface area contributed by atoms with E-state index in [1.165, 1.54) is 21.3 Å². The molecular formula is C37H46O12. The molecule has 2 aliphatic rings. The Hall–Kier alpha value is -3.27. The molecule has 49 heavy (non-hydrogen) atoms. The van der Waals surface area contributed by atoms with E-state index in [1.807, 2.05) is 91.0 Å². The number of rotatable bonds is 16. The van der Waals surface area contributed by atoms with Crippen molar-refractivity contribution in [2.45, 2.75) is 81.2 Å². The van der Waals surface area contributed by atoms with E-state index in [-0.39, 0.29) is 26.4 Å². The molecule has 0 spiro atoms. The summed E-state index contributed by atoms with van der Waals surface area (Å²) in [6.45, 7) is 0.559. The van der Waals surface area contributed by atoms with E-state index in [4.69, 9.17) is 47.4 Å². The Morgan fingerprint density at radius 1 is 0.612 bits per heavy atom. The number of carbonyl (C=O) groups excluding carboxylic acids is 1. The van der Waals surface area contributed by atoms with E-state index in [9.17, 15) is 9.90 Å². The molecule has 2 fully saturated rings. The third-order valence-electron chi connectivity index (χ3n) is 8.54. The minimum absolute atomic E-state index is 0.0102. The molecule has 4 unspecified atom stereocenters. The number of benzene rings is 3. The average molecular weight is 683 g/mol. The van der Waals surface area contributed by atoms with Crippen LogP contribution >= 0.6 is 0 Å². The van der Waals surface area contributed by atoms with E-state index in [0.29, 0.717) is 0 Å². The molecular weight excluding hydrogens is 636 g/mol. The summed E-state index contributed by atoms with van der Waals surface area (Å²) >= 11 is 0. The summed E-state index contributed by atoms with van der Waals surface area (Å²) < 4.78 is 60.6. The predicted molar refractivity (Wildman–Crippen MR) is 175 cm³/mol. The SMILES string of the molecule is COCC1O[C@H](OC)C(OCc2ccccc2)[C@@H](OCc2ccccc2)[C@@H]1O[C@@H]1O[C@@H](C(=O)OCc2ccccc2)[C@@H](O)C(OC)C1OC. The first kappa shape index (κ1) is 37.0. The van der Waals surface area contributed by atoms with Crippen molar-refractivity contribution in [3.63, 3.8) is 0 Å². The summed E-state index contributed by atoms with van der Waals surface area (Å²) in [7, 11) is 5.93. The highest BCUT2D eigenvalue weighted by atomic mass is 16.8. The Balaban J connectivity index is 1.43. The van der Waals surface area contributed by atoms with E-state index < -0.39 is 67.4 Å². The first-order valence-corrected chi connectivity index (χ1v) is 16.2. The summed E-state index contributed by atoms with van der Waals surface area (Å²) in [6.07, 6.45) is -10.1. The quantitative estimate of drug-likeness (QED) is 0.222. The van der Waals surface area contributed by atoms with Crippen LogP contribution in [0, 0.1) is 0 Å². The van der Waals surface area contributed by atoms with Gasteiger partial charge < -0.3 is 52.5 Å². The molecule has 5 rings (SSSR count).